The number of aromatic nitrogens is 3. The molecule has 3 heterocycles. The van der Waals surface area contributed by atoms with Crippen LogP contribution in [0.2, 0.25) is 0 Å². The van der Waals surface area contributed by atoms with E-state index in [-0.39, 0.29) is 32.2 Å². The summed E-state index contributed by atoms with van der Waals surface area (Å²) in [5, 5.41) is 15.0. The van der Waals surface area contributed by atoms with Crippen LogP contribution in [0.15, 0.2) is 84.9 Å². The van der Waals surface area contributed by atoms with Crippen molar-refractivity contribution < 1.29 is 30.9 Å². The minimum absolute atomic E-state index is 0. The first kappa shape index (κ1) is 27.9. The van der Waals surface area contributed by atoms with E-state index in [1.165, 1.54) is 10.9 Å². The van der Waals surface area contributed by atoms with Crippen LogP contribution in [0.3, 0.4) is 0 Å². The zero-order valence-electron chi connectivity index (χ0n) is 24.1. The number of benzene rings is 4. The number of hydrogen-bond acceptors (Lipinski definition) is 4. The molecular formula is C36H30N3O2Pt-. The van der Waals surface area contributed by atoms with Crippen LogP contribution in [0.1, 0.15) is 37.5 Å². The summed E-state index contributed by atoms with van der Waals surface area (Å²) in [6, 6.07) is 31.7. The number of aromatic hydroxyl groups is 1. The van der Waals surface area contributed by atoms with Crippen LogP contribution in [0.5, 0.6) is 17.4 Å². The quantitative estimate of drug-likeness (QED) is 0.184. The summed E-state index contributed by atoms with van der Waals surface area (Å²) in [5.41, 5.74) is 6.57. The maximum Gasteiger partial charge on any atom is 0.217 e. The fraction of sp³-hybridized carbons (Fsp3) is 0.167. The monoisotopic (exact) mass is 731 g/mol. The van der Waals surface area contributed by atoms with E-state index in [4.69, 9.17) is 14.7 Å². The molecule has 212 valence electrons. The average Bonchev–Trinajstić information content (AvgIpc) is 3.28. The Morgan fingerprint density at radius 3 is 2.40 bits per heavy atom. The van der Waals surface area contributed by atoms with Crippen molar-refractivity contribution >= 4 is 43.6 Å². The van der Waals surface area contributed by atoms with Gasteiger partial charge in [0, 0.05) is 49.2 Å². The summed E-state index contributed by atoms with van der Waals surface area (Å²) in [6.07, 6.45) is 0. The predicted molar refractivity (Wildman–Crippen MR) is 167 cm³/mol. The van der Waals surface area contributed by atoms with Gasteiger partial charge in [-0.25, -0.2) is 9.97 Å². The standard InChI is InChI=1S/C36H30N3O2.Pt/c1-21-10-8-14-28-33(21)34-22(2)18-24(19-29(34)39(28)31-17-16-23-11-6-7-13-27(23)37-31)41-32-20-26(36(3,4)5)25-12-9-15-30(40)35(25)38-32;/h6-18,20,40H,1-5H3;/q-1;. The van der Waals surface area contributed by atoms with Gasteiger partial charge in [0.2, 0.25) is 5.88 Å². The maximum absolute atomic E-state index is 10.6. The molecular weight excluding hydrogens is 701 g/mol. The topological polar surface area (TPSA) is 60.2 Å². The van der Waals surface area contributed by atoms with Crippen molar-refractivity contribution in [2.24, 2.45) is 0 Å². The first-order chi connectivity index (χ1) is 19.7. The van der Waals surface area contributed by atoms with Crippen LogP contribution < -0.4 is 4.74 Å². The summed E-state index contributed by atoms with van der Waals surface area (Å²) in [4.78, 5) is 9.75. The Kier molecular flexibility index (Phi) is 6.82. The maximum atomic E-state index is 10.6. The molecule has 5 nitrogen and oxygen atoms in total. The number of hydrogen-bond donors (Lipinski definition) is 1. The first-order valence-corrected chi connectivity index (χ1v) is 13.8. The number of ether oxygens (including phenoxy) is 1. The number of aryl methyl sites for hydroxylation is 2. The number of pyridine rings is 2. The first-order valence-electron chi connectivity index (χ1n) is 13.8. The molecule has 42 heavy (non-hydrogen) atoms. The molecule has 0 saturated heterocycles. The van der Waals surface area contributed by atoms with Crippen LogP contribution in [-0.4, -0.2) is 19.6 Å². The molecule has 0 bridgehead atoms. The molecule has 7 rings (SSSR count). The Morgan fingerprint density at radius 2 is 1.60 bits per heavy atom. The molecule has 0 fully saturated rings. The number of fused-ring (bicyclic) bond motifs is 5. The molecule has 0 atom stereocenters. The summed E-state index contributed by atoms with van der Waals surface area (Å²) >= 11 is 0. The fourth-order valence-electron chi connectivity index (χ4n) is 5.91. The van der Waals surface area contributed by atoms with Crippen molar-refractivity contribution in [2.75, 3.05) is 0 Å². The van der Waals surface area contributed by atoms with Gasteiger partial charge in [-0.05, 0) is 53.6 Å². The second-order valence-corrected chi connectivity index (χ2v) is 11.7. The van der Waals surface area contributed by atoms with Crippen LogP contribution in [0.25, 0.3) is 49.4 Å². The molecule has 6 heteroatoms. The van der Waals surface area contributed by atoms with E-state index in [0.29, 0.717) is 17.1 Å². The van der Waals surface area contributed by atoms with Gasteiger partial charge in [0.1, 0.15) is 17.1 Å². The summed E-state index contributed by atoms with van der Waals surface area (Å²) in [5.74, 6) is 1.93. The Hall–Kier alpha value is -4.21. The minimum Gasteiger partial charge on any atom is -0.506 e. The predicted octanol–water partition coefficient (Wildman–Crippen LogP) is 9.09. The average molecular weight is 732 g/mol. The fourth-order valence-corrected chi connectivity index (χ4v) is 5.91. The molecule has 0 aliphatic rings. The van der Waals surface area contributed by atoms with E-state index >= 15 is 0 Å². The van der Waals surface area contributed by atoms with E-state index in [9.17, 15) is 5.11 Å². The van der Waals surface area contributed by atoms with Crippen molar-refractivity contribution in [3.63, 3.8) is 0 Å². The zero-order valence-corrected chi connectivity index (χ0v) is 26.4. The van der Waals surface area contributed by atoms with Crippen LogP contribution in [-0.2, 0) is 26.5 Å². The van der Waals surface area contributed by atoms with Crippen LogP contribution in [0.4, 0.5) is 0 Å². The Bertz CT molecular complexity index is 2160. The summed E-state index contributed by atoms with van der Waals surface area (Å²) in [7, 11) is 0. The normalized spacial score (nSPS) is 11.8. The summed E-state index contributed by atoms with van der Waals surface area (Å²) in [6.45, 7) is 10.7. The zero-order chi connectivity index (χ0) is 28.5. The van der Waals surface area contributed by atoms with Gasteiger partial charge < -0.3 is 14.4 Å². The largest absolute Gasteiger partial charge is 0.506 e. The molecule has 3 aromatic heterocycles. The van der Waals surface area contributed by atoms with E-state index < -0.39 is 0 Å². The number of phenols is 1. The number of rotatable bonds is 3. The molecule has 4 aromatic carbocycles. The Morgan fingerprint density at radius 1 is 0.810 bits per heavy atom. The number of para-hydroxylation sites is 2. The second kappa shape index (κ2) is 10.3. The van der Waals surface area contributed by atoms with Crippen molar-refractivity contribution in [1.82, 2.24) is 14.5 Å². The van der Waals surface area contributed by atoms with Crippen molar-refractivity contribution in [1.29, 1.82) is 0 Å². The van der Waals surface area contributed by atoms with E-state index in [1.807, 2.05) is 42.5 Å². The third-order valence-corrected chi connectivity index (χ3v) is 7.82. The number of nitrogens with zero attached hydrogens (tertiary/aromatic N) is 3. The molecule has 0 amide bonds. The third kappa shape index (κ3) is 4.53. The summed E-state index contributed by atoms with van der Waals surface area (Å²) < 4.78 is 8.61. The molecule has 0 unspecified atom stereocenters. The smallest absolute Gasteiger partial charge is 0.217 e. The van der Waals surface area contributed by atoms with Gasteiger partial charge in [-0.2, -0.15) is 0 Å². The molecule has 0 radical (unpaired) electrons. The van der Waals surface area contributed by atoms with E-state index in [0.717, 1.165) is 49.7 Å². The van der Waals surface area contributed by atoms with Crippen molar-refractivity contribution in [2.45, 2.75) is 40.0 Å². The van der Waals surface area contributed by atoms with Crippen molar-refractivity contribution in [3.05, 3.63) is 108 Å². The van der Waals surface area contributed by atoms with Gasteiger partial charge in [0.25, 0.3) is 0 Å². The Balaban J connectivity index is 0.00000316. The van der Waals surface area contributed by atoms with E-state index in [2.05, 4.69) is 81.7 Å². The Labute approximate surface area is 259 Å². The van der Waals surface area contributed by atoms with Gasteiger partial charge >= 0.3 is 0 Å². The van der Waals surface area contributed by atoms with E-state index in [1.54, 1.807) is 6.07 Å². The molecule has 0 aliphatic carbocycles. The van der Waals surface area contributed by atoms with Gasteiger partial charge in [-0.3, -0.25) is 0 Å². The minimum atomic E-state index is -0.178. The SMILES string of the molecule is Cc1cc(Oc2cc(C(C)(C)C)c3cccc(O)c3n2)[c-]c2c1c1c(C)cccc1n2-c1ccc2ccccc2n1.[Pt]. The van der Waals surface area contributed by atoms with Gasteiger partial charge in [0.05, 0.1) is 5.52 Å². The van der Waals surface area contributed by atoms with Gasteiger partial charge in [-0.15, -0.1) is 17.7 Å². The molecule has 0 spiro atoms. The molecule has 0 saturated carbocycles. The van der Waals surface area contributed by atoms with Gasteiger partial charge in [0.15, 0.2) is 0 Å². The van der Waals surface area contributed by atoms with Gasteiger partial charge in [-0.1, -0.05) is 86.6 Å². The molecule has 0 aliphatic heterocycles. The van der Waals surface area contributed by atoms with Crippen LogP contribution in [0, 0.1) is 19.9 Å². The van der Waals surface area contributed by atoms with Crippen molar-refractivity contribution in [3.8, 4) is 23.2 Å². The molecule has 1 N–H and O–H groups in total. The second-order valence-electron chi connectivity index (χ2n) is 11.7. The molecule has 7 aromatic rings. The number of phenolic OH excluding ortho intramolecular Hbond substituents is 1. The third-order valence-electron chi connectivity index (χ3n) is 7.82. The van der Waals surface area contributed by atoms with Crippen LogP contribution >= 0.6 is 0 Å².